The fourth-order valence-electron chi connectivity index (χ4n) is 1.47. The van der Waals surface area contributed by atoms with Crippen LogP contribution >= 0.6 is 0 Å². The van der Waals surface area contributed by atoms with Gasteiger partial charge in [-0.1, -0.05) is 26.0 Å². The van der Waals surface area contributed by atoms with Gasteiger partial charge in [-0.2, -0.15) is 0 Å². The SMILES string of the molecule is CC(C)c1ccc(NC(=O)CS(=O)CCO)cc1. The summed E-state index contributed by atoms with van der Waals surface area (Å²) in [5.74, 6) is 0.220. The Kier molecular flexibility index (Phi) is 6.01. The molecule has 0 spiro atoms. The number of hydrogen-bond acceptors (Lipinski definition) is 3. The Morgan fingerprint density at radius 1 is 1.33 bits per heavy atom. The molecule has 1 unspecified atom stereocenters. The van der Waals surface area contributed by atoms with Crippen molar-refractivity contribution in [2.24, 2.45) is 0 Å². The Morgan fingerprint density at radius 3 is 2.44 bits per heavy atom. The van der Waals surface area contributed by atoms with Crippen LogP contribution in [0.15, 0.2) is 24.3 Å². The van der Waals surface area contributed by atoms with Crippen LogP contribution in [0.3, 0.4) is 0 Å². The highest BCUT2D eigenvalue weighted by atomic mass is 32.2. The molecule has 0 saturated carbocycles. The summed E-state index contributed by atoms with van der Waals surface area (Å²) >= 11 is 0. The molecule has 1 atom stereocenters. The van der Waals surface area contributed by atoms with E-state index in [1.807, 2.05) is 24.3 Å². The van der Waals surface area contributed by atoms with Crippen LogP contribution < -0.4 is 5.32 Å². The van der Waals surface area contributed by atoms with Crippen molar-refractivity contribution >= 4 is 22.4 Å². The fraction of sp³-hybridized carbons (Fsp3) is 0.462. The van der Waals surface area contributed by atoms with Crippen molar-refractivity contribution in [3.8, 4) is 0 Å². The van der Waals surface area contributed by atoms with Crippen LogP contribution in [0.2, 0.25) is 0 Å². The van der Waals surface area contributed by atoms with Gasteiger partial charge >= 0.3 is 0 Å². The van der Waals surface area contributed by atoms with Crippen LogP contribution in [0.4, 0.5) is 5.69 Å². The molecule has 0 radical (unpaired) electrons. The molecule has 18 heavy (non-hydrogen) atoms. The average molecular weight is 269 g/mol. The maximum Gasteiger partial charge on any atom is 0.236 e. The minimum absolute atomic E-state index is 0.0769. The molecule has 0 aliphatic rings. The van der Waals surface area contributed by atoms with Crippen molar-refractivity contribution in [3.63, 3.8) is 0 Å². The monoisotopic (exact) mass is 269 g/mol. The Hall–Kier alpha value is -1.20. The van der Waals surface area contributed by atoms with Crippen molar-refractivity contribution in [2.45, 2.75) is 19.8 Å². The topological polar surface area (TPSA) is 66.4 Å². The van der Waals surface area contributed by atoms with Crippen LogP contribution in [0, 0.1) is 0 Å². The number of aliphatic hydroxyl groups is 1. The zero-order chi connectivity index (χ0) is 13.5. The van der Waals surface area contributed by atoms with Crippen LogP contribution in [-0.4, -0.2) is 33.3 Å². The number of rotatable bonds is 6. The number of carbonyl (C=O) groups excluding carboxylic acids is 1. The van der Waals surface area contributed by atoms with Gasteiger partial charge in [0.1, 0.15) is 5.75 Å². The lowest BCUT2D eigenvalue weighted by Gasteiger charge is -2.08. The van der Waals surface area contributed by atoms with E-state index in [0.29, 0.717) is 11.6 Å². The van der Waals surface area contributed by atoms with E-state index in [1.165, 1.54) is 5.56 Å². The molecule has 0 saturated heterocycles. The first-order valence-electron chi connectivity index (χ1n) is 5.88. The highest BCUT2D eigenvalue weighted by molar-refractivity contribution is 7.85. The standard InChI is InChI=1S/C13H19NO3S/c1-10(2)11-3-5-12(6-4-11)14-13(16)9-18(17)8-7-15/h3-6,10,15H,7-9H2,1-2H3,(H,14,16). The van der Waals surface area contributed by atoms with E-state index < -0.39 is 10.8 Å². The summed E-state index contributed by atoms with van der Waals surface area (Å²) in [5.41, 5.74) is 1.90. The lowest BCUT2D eigenvalue weighted by molar-refractivity contribution is -0.113. The van der Waals surface area contributed by atoms with Gasteiger partial charge in [0.05, 0.1) is 6.61 Å². The molecule has 1 aromatic rings. The quantitative estimate of drug-likeness (QED) is 0.822. The number of benzene rings is 1. The normalized spacial score (nSPS) is 12.4. The Bertz CT molecular complexity index is 415. The molecule has 4 nitrogen and oxygen atoms in total. The van der Waals surface area contributed by atoms with Gasteiger partial charge in [0.25, 0.3) is 0 Å². The van der Waals surface area contributed by atoms with Crippen LogP contribution in [-0.2, 0) is 15.6 Å². The van der Waals surface area contributed by atoms with Gasteiger partial charge in [-0.25, -0.2) is 0 Å². The van der Waals surface area contributed by atoms with Gasteiger partial charge in [-0.15, -0.1) is 0 Å². The van der Waals surface area contributed by atoms with E-state index in [2.05, 4.69) is 19.2 Å². The zero-order valence-electron chi connectivity index (χ0n) is 10.7. The molecule has 1 amide bonds. The van der Waals surface area contributed by atoms with E-state index in [-0.39, 0.29) is 24.0 Å². The van der Waals surface area contributed by atoms with E-state index in [9.17, 15) is 9.00 Å². The van der Waals surface area contributed by atoms with Crippen LogP contribution in [0.1, 0.15) is 25.3 Å². The maximum absolute atomic E-state index is 11.5. The zero-order valence-corrected chi connectivity index (χ0v) is 11.5. The van der Waals surface area contributed by atoms with Crippen LogP contribution in [0.25, 0.3) is 0 Å². The summed E-state index contributed by atoms with van der Waals surface area (Å²) in [6.07, 6.45) is 0. The Morgan fingerprint density at radius 2 is 1.94 bits per heavy atom. The first kappa shape index (κ1) is 14.9. The molecule has 0 bridgehead atoms. The molecule has 0 fully saturated rings. The number of hydrogen-bond donors (Lipinski definition) is 2. The molecule has 0 aromatic heterocycles. The Labute approximate surface area is 110 Å². The Balaban J connectivity index is 2.52. The van der Waals surface area contributed by atoms with Gasteiger partial charge in [0.15, 0.2) is 0 Å². The molecular formula is C13H19NO3S. The van der Waals surface area contributed by atoms with Gasteiger partial charge < -0.3 is 10.4 Å². The minimum atomic E-state index is -1.30. The van der Waals surface area contributed by atoms with Gasteiger partial charge in [-0.3, -0.25) is 9.00 Å². The second-order valence-electron chi connectivity index (χ2n) is 4.34. The summed E-state index contributed by atoms with van der Waals surface area (Å²) in [5, 5.41) is 11.3. The van der Waals surface area contributed by atoms with Gasteiger partial charge in [0.2, 0.25) is 5.91 Å². The van der Waals surface area contributed by atoms with E-state index in [4.69, 9.17) is 5.11 Å². The molecule has 1 rings (SSSR count). The van der Waals surface area contributed by atoms with Crippen molar-refractivity contribution in [3.05, 3.63) is 29.8 Å². The van der Waals surface area contributed by atoms with Crippen molar-refractivity contribution < 1.29 is 14.1 Å². The van der Waals surface area contributed by atoms with E-state index >= 15 is 0 Å². The van der Waals surface area contributed by atoms with Crippen molar-refractivity contribution in [1.29, 1.82) is 0 Å². The van der Waals surface area contributed by atoms with Gasteiger partial charge in [-0.05, 0) is 23.6 Å². The van der Waals surface area contributed by atoms with Crippen molar-refractivity contribution in [2.75, 3.05) is 23.4 Å². The first-order valence-corrected chi connectivity index (χ1v) is 7.37. The predicted octanol–water partition coefficient (Wildman–Crippen LogP) is 1.49. The third-order valence-corrected chi connectivity index (χ3v) is 3.69. The second-order valence-corrected chi connectivity index (χ2v) is 5.91. The second kappa shape index (κ2) is 7.28. The molecule has 0 heterocycles. The first-order chi connectivity index (χ1) is 8.52. The highest BCUT2D eigenvalue weighted by Crippen LogP contribution is 2.16. The molecule has 100 valence electrons. The lowest BCUT2D eigenvalue weighted by Crippen LogP contribution is -2.21. The number of nitrogens with one attached hydrogen (secondary N) is 1. The van der Waals surface area contributed by atoms with Gasteiger partial charge in [0, 0.05) is 22.2 Å². The smallest absolute Gasteiger partial charge is 0.236 e. The third kappa shape index (κ3) is 4.98. The fourth-order valence-corrected chi connectivity index (χ4v) is 2.18. The predicted molar refractivity (Wildman–Crippen MR) is 74.1 cm³/mol. The summed E-state index contributed by atoms with van der Waals surface area (Å²) in [7, 11) is -1.30. The molecule has 0 aliphatic heterocycles. The third-order valence-electron chi connectivity index (χ3n) is 2.47. The molecule has 2 N–H and O–H groups in total. The summed E-state index contributed by atoms with van der Waals surface area (Å²) in [6.45, 7) is 4.04. The highest BCUT2D eigenvalue weighted by Gasteiger charge is 2.08. The van der Waals surface area contributed by atoms with Crippen molar-refractivity contribution in [1.82, 2.24) is 0 Å². The van der Waals surface area contributed by atoms with Crippen LogP contribution in [0.5, 0.6) is 0 Å². The summed E-state index contributed by atoms with van der Waals surface area (Å²) < 4.78 is 11.3. The largest absolute Gasteiger partial charge is 0.395 e. The summed E-state index contributed by atoms with van der Waals surface area (Å²) in [6, 6.07) is 7.60. The number of carbonyl (C=O) groups is 1. The minimum Gasteiger partial charge on any atom is -0.395 e. The van der Waals surface area contributed by atoms with E-state index in [1.54, 1.807) is 0 Å². The molecule has 1 aromatic carbocycles. The number of anilines is 1. The summed E-state index contributed by atoms with van der Waals surface area (Å²) in [4.78, 5) is 11.5. The number of aliphatic hydroxyl groups excluding tert-OH is 1. The molecule has 0 aliphatic carbocycles. The maximum atomic E-state index is 11.5. The lowest BCUT2D eigenvalue weighted by atomic mass is 10.0. The molecular weight excluding hydrogens is 250 g/mol. The molecule has 5 heteroatoms. The van der Waals surface area contributed by atoms with E-state index in [0.717, 1.165) is 0 Å². The average Bonchev–Trinajstić information content (AvgIpc) is 2.29. The number of amides is 1.